The van der Waals surface area contributed by atoms with Crippen LogP contribution in [0.5, 0.6) is 11.5 Å². The Hall–Kier alpha value is -2.57. The number of nitro benzene ring substituents is 1. The van der Waals surface area contributed by atoms with Gasteiger partial charge in [-0.2, -0.15) is 0 Å². The molecule has 2 bridgehead atoms. The smallest absolute Gasteiger partial charge is 0.315 e. The monoisotopic (exact) mass is 304 g/mol. The van der Waals surface area contributed by atoms with Crippen molar-refractivity contribution in [2.45, 2.75) is 12.8 Å². The molecule has 0 aromatic heterocycles. The molecule has 3 saturated heterocycles. The van der Waals surface area contributed by atoms with Crippen molar-refractivity contribution in [3.63, 3.8) is 0 Å². The molecule has 0 saturated carbocycles. The van der Waals surface area contributed by atoms with Gasteiger partial charge in [-0.1, -0.05) is 0 Å². The highest BCUT2D eigenvalue weighted by atomic mass is 16.6. The number of rotatable bonds is 3. The van der Waals surface area contributed by atoms with Crippen LogP contribution in [0, 0.1) is 16.0 Å². The third-order valence-electron chi connectivity index (χ3n) is 4.26. The summed E-state index contributed by atoms with van der Waals surface area (Å²) in [5, 5.41) is 20.8. The highest BCUT2D eigenvalue weighted by Crippen LogP contribution is 2.38. The predicted octanol–water partition coefficient (Wildman–Crippen LogP) is 1.94. The van der Waals surface area contributed by atoms with Crippen LogP contribution >= 0.6 is 0 Å². The average molecular weight is 304 g/mol. The molecular weight excluding hydrogens is 288 g/mol. The largest absolute Gasteiger partial charge is 0.500 e. The minimum absolute atomic E-state index is 0.0180. The van der Waals surface area contributed by atoms with Gasteiger partial charge >= 0.3 is 5.69 Å². The number of Topliss-reactive ketones (excluding diaryl/α,β-unsaturated/α-hetero) is 1. The Morgan fingerprint density at radius 3 is 2.64 bits per heavy atom. The number of piperidine rings is 3. The summed E-state index contributed by atoms with van der Waals surface area (Å²) in [5.41, 5.74) is 0.622. The van der Waals surface area contributed by atoms with Crippen molar-refractivity contribution in [1.29, 1.82) is 0 Å². The van der Waals surface area contributed by atoms with Gasteiger partial charge in [0.2, 0.25) is 5.75 Å². The van der Waals surface area contributed by atoms with Gasteiger partial charge in [0.1, 0.15) is 0 Å². The number of hydrogen-bond donors (Lipinski definition) is 1. The number of methoxy groups -OCH3 is 1. The van der Waals surface area contributed by atoms with Gasteiger partial charge in [0.15, 0.2) is 11.5 Å². The Balaban J connectivity index is 2.05. The molecule has 0 atom stereocenters. The van der Waals surface area contributed by atoms with Gasteiger partial charge in [0.25, 0.3) is 0 Å². The quantitative estimate of drug-likeness (QED) is 0.521. The molecule has 3 heterocycles. The lowest BCUT2D eigenvalue weighted by atomic mass is 9.84. The first-order valence-electron chi connectivity index (χ1n) is 7.07. The van der Waals surface area contributed by atoms with Crippen molar-refractivity contribution in [2.75, 3.05) is 20.2 Å². The fourth-order valence-electron chi connectivity index (χ4n) is 3.06. The Bertz CT molecular complexity index is 675. The van der Waals surface area contributed by atoms with E-state index in [9.17, 15) is 20.0 Å². The van der Waals surface area contributed by atoms with Crippen molar-refractivity contribution in [1.82, 2.24) is 4.90 Å². The molecule has 0 spiro atoms. The lowest BCUT2D eigenvalue weighted by Crippen LogP contribution is -2.45. The number of allylic oxidation sites excluding steroid dienone is 1. The summed E-state index contributed by atoms with van der Waals surface area (Å²) in [4.78, 5) is 24.7. The van der Waals surface area contributed by atoms with E-state index >= 15 is 0 Å². The van der Waals surface area contributed by atoms with Crippen molar-refractivity contribution in [3.8, 4) is 11.5 Å². The molecule has 1 aromatic carbocycles. The topological polar surface area (TPSA) is 92.9 Å². The number of benzene rings is 1. The lowest BCUT2D eigenvalue weighted by Gasteiger charge is -2.41. The van der Waals surface area contributed by atoms with Gasteiger partial charge in [-0.3, -0.25) is 14.9 Å². The number of phenols is 1. The maximum Gasteiger partial charge on any atom is 0.315 e. The maximum atomic E-state index is 12.3. The number of carbonyl (C=O) groups excluding carboxylic acids is 1. The SMILES string of the molecule is COc1cc(/C=C2/C(=O)C3CCN2CC3)cc([N+](=O)[O-])c1O. The number of carbonyl (C=O) groups is 1. The van der Waals surface area contributed by atoms with Crippen LogP contribution in [0.1, 0.15) is 18.4 Å². The lowest BCUT2D eigenvalue weighted by molar-refractivity contribution is -0.386. The number of phenolic OH excluding ortho intramolecular Hbond substituents is 1. The van der Waals surface area contributed by atoms with Gasteiger partial charge in [-0.05, 0) is 30.5 Å². The standard InChI is InChI=1S/C15H16N2O5/c1-22-13-8-9(7-12(15(13)19)17(20)21)6-11-14(18)10-2-4-16(11)5-3-10/h6-8,10,19H,2-5H2,1H3/b11-6-. The molecule has 22 heavy (non-hydrogen) atoms. The van der Waals surface area contributed by atoms with Crippen LogP contribution in [0.2, 0.25) is 0 Å². The zero-order chi connectivity index (χ0) is 15.9. The van der Waals surface area contributed by atoms with E-state index in [0.29, 0.717) is 11.3 Å². The summed E-state index contributed by atoms with van der Waals surface area (Å²) in [6.07, 6.45) is 3.38. The third-order valence-corrected chi connectivity index (χ3v) is 4.26. The van der Waals surface area contributed by atoms with Crippen molar-refractivity contribution in [3.05, 3.63) is 33.5 Å². The minimum Gasteiger partial charge on any atom is -0.500 e. The summed E-state index contributed by atoms with van der Waals surface area (Å²) >= 11 is 0. The van der Waals surface area contributed by atoms with E-state index < -0.39 is 16.4 Å². The van der Waals surface area contributed by atoms with Crippen LogP contribution in [0.15, 0.2) is 17.8 Å². The molecule has 0 aliphatic carbocycles. The second-order valence-electron chi connectivity index (χ2n) is 5.50. The molecule has 116 valence electrons. The van der Waals surface area contributed by atoms with Gasteiger partial charge in [-0.25, -0.2) is 0 Å². The minimum atomic E-state index is -0.672. The van der Waals surface area contributed by atoms with E-state index in [0.717, 1.165) is 25.9 Å². The second kappa shape index (κ2) is 5.32. The Labute approximate surface area is 126 Å². The zero-order valence-corrected chi connectivity index (χ0v) is 12.1. The van der Waals surface area contributed by atoms with Gasteiger partial charge in [0, 0.05) is 25.1 Å². The third kappa shape index (κ3) is 2.28. The normalized spacial score (nSPS) is 19.8. The highest BCUT2D eigenvalue weighted by Gasteiger charge is 2.36. The van der Waals surface area contributed by atoms with Gasteiger partial charge < -0.3 is 14.7 Å². The van der Waals surface area contributed by atoms with Crippen molar-refractivity contribution < 1.29 is 19.6 Å². The number of nitrogens with zero attached hydrogens (tertiary/aromatic N) is 2. The molecular formula is C15H16N2O5. The van der Waals surface area contributed by atoms with E-state index in [1.807, 2.05) is 4.90 Å². The van der Waals surface area contributed by atoms with Crippen LogP contribution in [0.3, 0.4) is 0 Å². The second-order valence-corrected chi connectivity index (χ2v) is 5.50. The number of fused-ring (bicyclic) bond motifs is 3. The van der Waals surface area contributed by atoms with Gasteiger partial charge in [0.05, 0.1) is 17.7 Å². The summed E-state index contributed by atoms with van der Waals surface area (Å²) in [6, 6.07) is 2.74. The molecule has 1 N–H and O–H groups in total. The summed E-state index contributed by atoms with van der Waals surface area (Å²) < 4.78 is 4.97. The van der Waals surface area contributed by atoms with Crippen LogP contribution in [0.25, 0.3) is 6.08 Å². The first-order valence-corrected chi connectivity index (χ1v) is 7.07. The zero-order valence-electron chi connectivity index (χ0n) is 12.1. The number of ketones is 1. The van der Waals surface area contributed by atoms with E-state index in [-0.39, 0.29) is 17.5 Å². The van der Waals surface area contributed by atoms with E-state index in [2.05, 4.69) is 0 Å². The summed E-state index contributed by atoms with van der Waals surface area (Å²) in [7, 11) is 1.33. The molecule has 0 unspecified atom stereocenters. The number of aromatic hydroxyl groups is 1. The first-order chi connectivity index (χ1) is 10.5. The maximum absolute atomic E-state index is 12.3. The summed E-state index contributed by atoms with van der Waals surface area (Å²) in [6.45, 7) is 1.67. The Kier molecular flexibility index (Phi) is 3.48. The fourth-order valence-corrected chi connectivity index (χ4v) is 3.06. The predicted molar refractivity (Wildman–Crippen MR) is 78.6 cm³/mol. The number of nitro groups is 1. The van der Waals surface area contributed by atoms with Crippen LogP contribution in [-0.2, 0) is 4.79 Å². The molecule has 0 radical (unpaired) electrons. The molecule has 7 nitrogen and oxygen atoms in total. The molecule has 4 rings (SSSR count). The fraction of sp³-hybridized carbons (Fsp3) is 0.400. The van der Waals surface area contributed by atoms with Crippen LogP contribution < -0.4 is 4.74 Å². The van der Waals surface area contributed by atoms with E-state index in [1.165, 1.54) is 19.2 Å². The number of hydrogen-bond acceptors (Lipinski definition) is 6. The Morgan fingerprint density at radius 1 is 1.41 bits per heavy atom. The molecule has 0 amide bonds. The molecule has 3 aliphatic rings. The van der Waals surface area contributed by atoms with Crippen LogP contribution in [-0.4, -0.2) is 40.9 Å². The van der Waals surface area contributed by atoms with E-state index in [1.54, 1.807) is 6.08 Å². The molecule has 7 heteroatoms. The first kappa shape index (κ1) is 14.4. The Morgan fingerprint density at radius 2 is 2.09 bits per heavy atom. The van der Waals surface area contributed by atoms with Crippen LogP contribution in [0.4, 0.5) is 5.69 Å². The summed E-state index contributed by atoms with van der Waals surface area (Å²) in [5.74, 6) is -0.339. The highest BCUT2D eigenvalue weighted by molar-refractivity contribution is 6.02. The van der Waals surface area contributed by atoms with Gasteiger partial charge in [-0.15, -0.1) is 0 Å². The molecule has 1 aromatic rings. The van der Waals surface area contributed by atoms with Crippen molar-refractivity contribution in [2.24, 2.45) is 5.92 Å². The molecule has 3 fully saturated rings. The average Bonchev–Trinajstić information content (AvgIpc) is 2.52. The molecule has 3 aliphatic heterocycles. The number of ether oxygens (including phenoxy) is 1. The van der Waals surface area contributed by atoms with E-state index in [4.69, 9.17) is 4.74 Å². The van der Waals surface area contributed by atoms with Crippen molar-refractivity contribution >= 4 is 17.5 Å².